The fourth-order valence-electron chi connectivity index (χ4n) is 1.58. The van der Waals surface area contributed by atoms with Crippen molar-refractivity contribution in [3.63, 3.8) is 0 Å². The van der Waals surface area contributed by atoms with Crippen molar-refractivity contribution >= 4 is 33.4 Å². The van der Waals surface area contributed by atoms with Gasteiger partial charge in [-0.15, -0.1) is 0 Å². The van der Waals surface area contributed by atoms with Gasteiger partial charge in [0.2, 0.25) is 0 Å². The van der Waals surface area contributed by atoms with E-state index in [1.165, 1.54) is 12.3 Å². The van der Waals surface area contributed by atoms with Gasteiger partial charge in [0, 0.05) is 10.7 Å². The van der Waals surface area contributed by atoms with Gasteiger partial charge in [-0.3, -0.25) is 0 Å². The molecule has 0 fully saturated rings. The lowest BCUT2D eigenvalue weighted by Gasteiger charge is -2.12. The highest BCUT2D eigenvalue weighted by Crippen LogP contribution is 2.28. The summed E-state index contributed by atoms with van der Waals surface area (Å²) in [4.78, 5) is 15.3. The maximum atomic E-state index is 11.2. The number of pyridine rings is 1. The molecule has 0 atom stereocenters. The number of carboxylic acids is 1. The van der Waals surface area contributed by atoms with E-state index in [2.05, 4.69) is 26.2 Å². The minimum Gasteiger partial charge on any atom is -0.495 e. The molecular weight excluding hydrogens is 312 g/mol. The number of carboxylic acid groups (broad SMARTS) is 1. The first-order valence-corrected chi connectivity index (χ1v) is 6.20. The third-order valence-corrected chi connectivity index (χ3v) is 2.88. The molecule has 0 aliphatic heterocycles. The zero-order valence-corrected chi connectivity index (χ0v) is 11.6. The Balaban J connectivity index is 2.41. The lowest BCUT2D eigenvalue weighted by molar-refractivity contribution is 0.0697. The molecule has 19 heavy (non-hydrogen) atoms. The zero-order chi connectivity index (χ0) is 13.8. The van der Waals surface area contributed by atoms with E-state index in [4.69, 9.17) is 9.84 Å². The number of para-hydroxylation sites is 2. The van der Waals surface area contributed by atoms with Crippen LogP contribution in [0.3, 0.4) is 0 Å². The van der Waals surface area contributed by atoms with Crippen molar-refractivity contribution < 1.29 is 14.6 Å². The number of aromatic carboxylic acids is 1. The van der Waals surface area contributed by atoms with E-state index in [0.717, 1.165) is 0 Å². The normalized spacial score (nSPS) is 10.0. The van der Waals surface area contributed by atoms with Gasteiger partial charge in [-0.25, -0.2) is 9.78 Å². The summed E-state index contributed by atoms with van der Waals surface area (Å²) in [5.74, 6) is -0.171. The predicted octanol–water partition coefficient (Wildman–Crippen LogP) is 3.29. The van der Waals surface area contributed by atoms with Crippen molar-refractivity contribution in [1.82, 2.24) is 4.98 Å². The van der Waals surface area contributed by atoms with E-state index < -0.39 is 5.97 Å². The minimum absolute atomic E-state index is 0.0836. The fraction of sp³-hybridized carbons (Fsp3) is 0.0769. The van der Waals surface area contributed by atoms with Crippen molar-refractivity contribution in [2.24, 2.45) is 0 Å². The Morgan fingerprint density at radius 2 is 2.16 bits per heavy atom. The largest absolute Gasteiger partial charge is 0.495 e. The molecule has 5 nitrogen and oxygen atoms in total. The van der Waals surface area contributed by atoms with Crippen LogP contribution in [0.5, 0.6) is 5.75 Å². The molecule has 2 aromatic rings. The maximum Gasteiger partial charge on any atom is 0.339 e. The Bertz CT molecular complexity index is 617. The first-order valence-electron chi connectivity index (χ1n) is 5.40. The SMILES string of the molecule is COc1ccccc1Nc1ncc(Br)cc1C(=O)O. The zero-order valence-electron chi connectivity index (χ0n) is 10.1. The molecule has 0 spiro atoms. The van der Waals surface area contributed by atoms with Gasteiger partial charge in [0.25, 0.3) is 0 Å². The van der Waals surface area contributed by atoms with Gasteiger partial charge in [-0.05, 0) is 34.1 Å². The van der Waals surface area contributed by atoms with E-state index in [0.29, 0.717) is 15.9 Å². The van der Waals surface area contributed by atoms with E-state index in [1.807, 2.05) is 12.1 Å². The third-order valence-electron chi connectivity index (χ3n) is 2.44. The van der Waals surface area contributed by atoms with Gasteiger partial charge in [0.1, 0.15) is 17.1 Å². The quantitative estimate of drug-likeness (QED) is 0.903. The van der Waals surface area contributed by atoms with E-state index in [9.17, 15) is 4.79 Å². The topological polar surface area (TPSA) is 71.5 Å². The van der Waals surface area contributed by atoms with Gasteiger partial charge in [0.05, 0.1) is 12.8 Å². The van der Waals surface area contributed by atoms with Crippen LogP contribution in [-0.4, -0.2) is 23.2 Å². The van der Waals surface area contributed by atoms with Crippen molar-refractivity contribution in [3.05, 3.63) is 46.6 Å². The van der Waals surface area contributed by atoms with Crippen LogP contribution in [0.15, 0.2) is 41.0 Å². The smallest absolute Gasteiger partial charge is 0.339 e. The molecule has 0 unspecified atom stereocenters. The molecule has 0 aliphatic carbocycles. The summed E-state index contributed by atoms with van der Waals surface area (Å²) >= 11 is 3.20. The Kier molecular flexibility index (Phi) is 4.01. The van der Waals surface area contributed by atoms with Gasteiger partial charge in [-0.2, -0.15) is 0 Å². The fourth-order valence-corrected chi connectivity index (χ4v) is 1.91. The van der Waals surface area contributed by atoms with Crippen molar-refractivity contribution in [2.45, 2.75) is 0 Å². The molecule has 2 rings (SSSR count). The molecular formula is C13H11BrN2O3. The molecule has 0 saturated carbocycles. The summed E-state index contributed by atoms with van der Waals surface area (Å²) in [7, 11) is 1.55. The summed E-state index contributed by atoms with van der Waals surface area (Å²) in [6.07, 6.45) is 1.53. The summed E-state index contributed by atoms with van der Waals surface area (Å²) in [5, 5.41) is 12.1. The van der Waals surface area contributed by atoms with E-state index in [1.54, 1.807) is 19.2 Å². The van der Waals surface area contributed by atoms with Crippen molar-refractivity contribution in [1.29, 1.82) is 0 Å². The van der Waals surface area contributed by atoms with E-state index >= 15 is 0 Å². The Morgan fingerprint density at radius 1 is 1.42 bits per heavy atom. The highest BCUT2D eigenvalue weighted by molar-refractivity contribution is 9.10. The molecule has 1 heterocycles. The average Bonchev–Trinajstić information content (AvgIpc) is 2.41. The molecule has 6 heteroatoms. The van der Waals surface area contributed by atoms with Crippen LogP contribution >= 0.6 is 15.9 Å². The molecule has 0 bridgehead atoms. The number of anilines is 2. The van der Waals surface area contributed by atoms with Crippen LogP contribution in [0.2, 0.25) is 0 Å². The second-order valence-electron chi connectivity index (χ2n) is 3.68. The summed E-state index contributed by atoms with van der Waals surface area (Å²) in [5.41, 5.74) is 0.739. The third kappa shape index (κ3) is 3.03. The van der Waals surface area contributed by atoms with Gasteiger partial charge < -0.3 is 15.2 Å². The van der Waals surface area contributed by atoms with Crippen LogP contribution in [0.25, 0.3) is 0 Å². The van der Waals surface area contributed by atoms with Crippen molar-refractivity contribution in [2.75, 3.05) is 12.4 Å². The van der Waals surface area contributed by atoms with Gasteiger partial charge in [-0.1, -0.05) is 12.1 Å². The molecule has 0 amide bonds. The average molecular weight is 323 g/mol. The monoisotopic (exact) mass is 322 g/mol. The Morgan fingerprint density at radius 3 is 2.84 bits per heavy atom. The van der Waals surface area contributed by atoms with Crippen LogP contribution < -0.4 is 10.1 Å². The summed E-state index contributed by atoms with van der Waals surface area (Å²) < 4.78 is 5.80. The highest BCUT2D eigenvalue weighted by atomic mass is 79.9. The molecule has 0 aliphatic rings. The van der Waals surface area contributed by atoms with Crippen LogP contribution in [0, 0.1) is 0 Å². The first kappa shape index (κ1) is 13.4. The number of hydrogen-bond acceptors (Lipinski definition) is 4. The summed E-state index contributed by atoms with van der Waals surface area (Å²) in [6.45, 7) is 0. The van der Waals surface area contributed by atoms with Gasteiger partial charge in [0.15, 0.2) is 0 Å². The number of benzene rings is 1. The number of hydrogen-bond donors (Lipinski definition) is 2. The number of nitrogens with zero attached hydrogens (tertiary/aromatic N) is 1. The number of halogens is 1. The molecule has 0 saturated heterocycles. The molecule has 0 radical (unpaired) electrons. The molecule has 1 aromatic heterocycles. The second-order valence-corrected chi connectivity index (χ2v) is 4.60. The number of nitrogens with one attached hydrogen (secondary N) is 1. The number of methoxy groups -OCH3 is 1. The lowest BCUT2D eigenvalue weighted by Crippen LogP contribution is -2.05. The van der Waals surface area contributed by atoms with Crippen LogP contribution in [0.4, 0.5) is 11.5 Å². The minimum atomic E-state index is -1.05. The number of ether oxygens (including phenoxy) is 1. The number of aromatic nitrogens is 1. The second kappa shape index (κ2) is 5.71. The summed E-state index contributed by atoms with van der Waals surface area (Å²) in [6, 6.07) is 8.71. The van der Waals surface area contributed by atoms with Crippen molar-refractivity contribution in [3.8, 4) is 5.75 Å². The molecule has 1 aromatic carbocycles. The lowest BCUT2D eigenvalue weighted by atomic mass is 10.2. The van der Waals surface area contributed by atoms with E-state index in [-0.39, 0.29) is 11.4 Å². The van der Waals surface area contributed by atoms with Crippen LogP contribution in [0.1, 0.15) is 10.4 Å². The Hall–Kier alpha value is -2.08. The number of carbonyl (C=O) groups is 1. The molecule has 2 N–H and O–H groups in total. The predicted molar refractivity (Wildman–Crippen MR) is 75.2 cm³/mol. The Labute approximate surface area is 118 Å². The maximum absolute atomic E-state index is 11.2. The number of rotatable bonds is 4. The highest BCUT2D eigenvalue weighted by Gasteiger charge is 2.13. The molecule has 98 valence electrons. The first-order chi connectivity index (χ1) is 9.11. The standard InChI is InChI=1S/C13H11BrN2O3/c1-19-11-5-3-2-4-10(11)16-12-9(13(17)18)6-8(14)7-15-12/h2-7H,1H3,(H,15,16)(H,17,18). The van der Waals surface area contributed by atoms with Crippen LogP contribution in [-0.2, 0) is 0 Å². The van der Waals surface area contributed by atoms with Gasteiger partial charge >= 0.3 is 5.97 Å².